The average molecular weight is 472 g/mol. The van der Waals surface area contributed by atoms with Gasteiger partial charge in [-0.2, -0.15) is 0 Å². The molecule has 0 bridgehead atoms. The Kier molecular flexibility index (Phi) is 5.75. The third-order valence-corrected chi connectivity index (χ3v) is 7.05. The minimum Gasteiger partial charge on any atom is -0.286 e. The second-order valence-corrected chi connectivity index (χ2v) is 10.2. The maximum atomic E-state index is 13.5. The molecule has 0 saturated heterocycles. The van der Waals surface area contributed by atoms with Crippen LogP contribution >= 0.6 is 22.9 Å². The summed E-state index contributed by atoms with van der Waals surface area (Å²) in [7, 11) is -3.55. The molecule has 31 heavy (non-hydrogen) atoms. The van der Waals surface area contributed by atoms with E-state index in [2.05, 4.69) is 4.98 Å². The molecule has 0 aliphatic carbocycles. The Morgan fingerprint density at radius 3 is 2.39 bits per heavy atom. The fourth-order valence-electron chi connectivity index (χ4n) is 3.14. The molecular weight excluding hydrogens is 457 g/mol. The van der Waals surface area contributed by atoms with E-state index in [1.165, 1.54) is 18.2 Å². The van der Waals surface area contributed by atoms with Gasteiger partial charge in [0.15, 0.2) is 14.8 Å². The second-order valence-electron chi connectivity index (χ2n) is 6.81. The van der Waals surface area contributed by atoms with Crippen molar-refractivity contribution in [3.63, 3.8) is 0 Å². The van der Waals surface area contributed by atoms with Gasteiger partial charge in [-0.3, -0.25) is 4.79 Å². The fraction of sp³-hybridized carbons (Fsp3) is 0.0435. The van der Waals surface area contributed by atoms with Gasteiger partial charge in [0, 0.05) is 22.4 Å². The van der Waals surface area contributed by atoms with Crippen molar-refractivity contribution < 1.29 is 17.6 Å². The van der Waals surface area contributed by atoms with Gasteiger partial charge in [-0.15, -0.1) is 11.3 Å². The molecule has 0 unspecified atom stereocenters. The molecule has 0 N–H and O–H groups in total. The van der Waals surface area contributed by atoms with Crippen LogP contribution in [0.25, 0.3) is 21.7 Å². The van der Waals surface area contributed by atoms with Gasteiger partial charge in [0.05, 0.1) is 15.5 Å². The van der Waals surface area contributed by atoms with Crippen LogP contribution in [-0.4, -0.2) is 25.4 Å². The number of carbonyl (C=O) groups is 1. The highest BCUT2D eigenvalue weighted by molar-refractivity contribution is 7.90. The third kappa shape index (κ3) is 4.44. The van der Waals surface area contributed by atoms with Gasteiger partial charge >= 0.3 is 0 Å². The zero-order chi connectivity index (χ0) is 22.2. The van der Waals surface area contributed by atoms with Crippen LogP contribution in [0, 0.1) is 5.82 Å². The number of nitrogens with zero attached hydrogens (tertiary/aromatic N) is 1. The van der Waals surface area contributed by atoms with Crippen LogP contribution in [0.2, 0.25) is 5.02 Å². The number of benzene rings is 3. The minimum atomic E-state index is -3.55. The highest BCUT2D eigenvalue weighted by Crippen LogP contribution is 2.40. The monoisotopic (exact) mass is 471 g/mol. The molecule has 4 aromatic rings. The molecule has 0 aliphatic heterocycles. The lowest BCUT2D eigenvalue weighted by atomic mass is 10.1. The van der Waals surface area contributed by atoms with Gasteiger partial charge in [-0.05, 0) is 35.9 Å². The summed E-state index contributed by atoms with van der Waals surface area (Å²) < 4.78 is 38.2. The van der Waals surface area contributed by atoms with Crippen LogP contribution in [0.15, 0.2) is 77.7 Å². The second kappa shape index (κ2) is 8.34. The molecule has 0 fully saturated rings. The molecule has 0 amide bonds. The summed E-state index contributed by atoms with van der Waals surface area (Å²) in [6, 6.07) is 18.7. The van der Waals surface area contributed by atoms with Gasteiger partial charge < -0.3 is 0 Å². The molecular formula is C23H15ClFNO3S2. The molecule has 156 valence electrons. The topological polar surface area (TPSA) is 64.1 Å². The van der Waals surface area contributed by atoms with Crippen molar-refractivity contribution in [2.45, 2.75) is 4.90 Å². The molecule has 4 nitrogen and oxygen atoms in total. The highest BCUT2D eigenvalue weighted by Gasteiger charge is 2.24. The van der Waals surface area contributed by atoms with Crippen molar-refractivity contribution >= 4 is 38.6 Å². The summed E-state index contributed by atoms with van der Waals surface area (Å²) in [4.78, 5) is 18.3. The van der Waals surface area contributed by atoms with Gasteiger partial charge in [0.25, 0.3) is 0 Å². The number of hydrogen-bond donors (Lipinski definition) is 0. The Bertz CT molecular complexity index is 1400. The molecule has 1 heterocycles. The number of thiazole rings is 1. The van der Waals surface area contributed by atoms with E-state index >= 15 is 0 Å². The van der Waals surface area contributed by atoms with Gasteiger partial charge in [-0.25, -0.2) is 17.8 Å². The summed E-state index contributed by atoms with van der Waals surface area (Å²) in [5.41, 5.74) is 1.73. The lowest BCUT2D eigenvalue weighted by molar-refractivity contribution is 0.103. The van der Waals surface area contributed by atoms with E-state index < -0.39 is 15.7 Å². The Morgan fingerprint density at radius 2 is 1.71 bits per heavy atom. The summed E-state index contributed by atoms with van der Waals surface area (Å²) in [5, 5.41) is 0.601. The van der Waals surface area contributed by atoms with Gasteiger partial charge in [0.1, 0.15) is 5.82 Å². The first-order valence-electron chi connectivity index (χ1n) is 9.10. The van der Waals surface area contributed by atoms with E-state index in [0.29, 0.717) is 32.3 Å². The number of ketones is 1. The number of hydrogen-bond acceptors (Lipinski definition) is 5. The fourth-order valence-corrected chi connectivity index (χ4v) is 5.26. The van der Waals surface area contributed by atoms with Crippen molar-refractivity contribution in [2.75, 3.05) is 6.26 Å². The third-order valence-electron chi connectivity index (χ3n) is 4.56. The summed E-state index contributed by atoms with van der Waals surface area (Å²) in [6.45, 7) is 0. The number of carbonyl (C=O) groups excluding carboxylic acids is 1. The zero-order valence-corrected chi connectivity index (χ0v) is 18.6. The Hall–Kier alpha value is -2.87. The quantitative estimate of drug-likeness (QED) is 0.340. The Labute approximate surface area is 187 Å². The minimum absolute atomic E-state index is 0.102. The van der Waals surface area contributed by atoms with Crippen LogP contribution in [0.5, 0.6) is 0 Å². The van der Waals surface area contributed by atoms with Gasteiger partial charge in [0.2, 0.25) is 5.78 Å². The molecule has 0 spiro atoms. The normalized spacial score (nSPS) is 11.5. The van der Waals surface area contributed by atoms with Gasteiger partial charge in [-0.1, -0.05) is 54.1 Å². The first kappa shape index (κ1) is 21.4. The standard InChI is InChI=1S/C23H15ClFNO3S2/c1-31(28,29)19-8-3-2-7-18(19)20-22(14-9-11-17(25)12-10-14)30-23(26-20)21(27)15-5-4-6-16(24)13-15/h2-13H,1H3. The molecule has 0 aliphatic rings. The molecule has 4 rings (SSSR count). The van der Waals surface area contributed by atoms with Crippen LogP contribution < -0.4 is 0 Å². The first-order valence-corrected chi connectivity index (χ1v) is 12.2. The van der Waals surface area contributed by atoms with Crippen molar-refractivity contribution in [1.29, 1.82) is 0 Å². The summed E-state index contributed by atoms with van der Waals surface area (Å²) in [6.07, 6.45) is 1.12. The number of sulfone groups is 1. The highest BCUT2D eigenvalue weighted by atomic mass is 35.5. The van der Waals surface area contributed by atoms with Crippen LogP contribution in [0.4, 0.5) is 4.39 Å². The molecule has 0 saturated carbocycles. The zero-order valence-electron chi connectivity index (χ0n) is 16.2. The van der Waals surface area contributed by atoms with E-state index in [0.717, 1.165) is 17.6 Å². The van der Waals surface area contributed by atoms with Crippen molar-refractivity contribution in [1.82, 2.24) is 4.98 Å². The maximum Gasteiger partial charge on any atom is 0.221 e. The molecule has 0 radical (unpaired) electrons. The van der Waals surface area contributed by atoms with E-state index in [4.69, 9.17) is 11.6 Å². The lowest BCUT2D eigenvalue weighted by Gasteiger charge is -2.08. The lowest BCUT2D eigenvalue weighted by Crippen LogP contribution is -2.02. The van der Waals surface area contributed by atoms with Crippen molar-refractivity contribution in [3.05, 3.63) is 94.2 Å². The predicted molar refractivity (Wildman–Crippen MR) is 121 cm³/mol. The average Bonchev–Trinajstić information content (AvgIpc) is 3.18. The van der Waals surface area contributed by atoms with E-state index in [1.807, 2.05) is 0 Å². The number of halogens is 2. The largest absolute Gasteiger partial charge is 0.286 e. The molecule has 1 aromatic heterocycles. The van der Waals surface area contributed by atoms with E-state index in [-0.39, 0.29) is 15.7 Å². The molecule has 0 atom stereocenters. The van der Waals surface area contributed by atoms with Crippen LogP contribution in [0.1, 0.15) is 15.4 Å². The van der Waals surface area contributed by atoms with Crippen LogP contribution in [-0.2, 0) is 9.84 Å². The predicted octanol–water partition coefficient (Wildman–Crippen LogP) is 5.90. The van der Waals surface area contributed by atoms with Crippen molar-refractivity contribution in [3.8, 4) is 21.7 Å². The maximum absolute atomic E-state index is 13.5. The molecule has 8 heteroatoms. The smallest absolute Gasteiger partial charge is 0.221 e. The van der Waals surface area contributed by atoms with E-state index in [1.54, 1.807) is 54.6 Å². The first-order chi connectivity index (χ1) is 14.7. The Balaban J connectivity index is 1.95. The Morgan fingerprint density at radius 1 is 1.00 bits per heavy atom. The number of rotatable bonds is 5. The number of aromatic nitrogens is 1. The summed E-state index contributed by atoms with van der Waals surface area (Å²) >= 11 is 7.14. The van der Waals surface area contributed by atoms with E-state index in [9.17, 15) is 17.6 Å². The van der Waals surface area contributed by atoms with Crippen LogP contribution in [0.3, 0.4) is 0 Å². The molecule has 3 aromatic carbocycles. The van der Waals surface area contributed by atoms with Crippen molar-refractivity contribution in [2.24, 2.45) is 0 Å². The summed E-state index contributed by atoms with van der Waals surface area (Å²) in [5.74, 6) is -0.736. The SMILES string of the molecule is CS(=O)(=O)c1ccccc1-c1nc(C(=O)c2cccc(Cl)c2)sc1-c1ccc(F)cc1.